The molecule has 1 rings (SSSR count). The van der Waals surface area contributed by atoms with Crippen molar-refractivity contribution in [3.05, 3.63) is 0 Å². The Morgan fingerprint density at radius 3 is 1.91 bits per heavy atom. The van der Waals surface area contributed by atoms with Crippen molar-refractivity contribution >= 4 is 17.3 Å². The highest BCUT2D eigenvalue weighted by Crippen LogP contribution is 2.18. The molecule has 1 N–H and O–H groups in total. The molecule has 1 saturated carbocycles. The zero-order valence-corrected chi connectivity index (χ0v) is 15.9. The lowest BCUT2D eigenvalue weighted by Gasteiger charge is -2.31. The third-order valence-corrected chi connectivity index (χ3v) is 5.16. The van der Waals surface area contributed by atoms with E-state index in [1.54, 1.807) is 0 Å². The standard InChI is InChI=1S/C19H38N2S/c1-3-5-7-12-16-21(17-13-8-6-4-2)19(22)20-18-14-10-9-11-15-18/h18H,3-17H2,1-2H3,(H,20,22). The minimum Gasteiger partial charge on any atom is -0.360 e. The van der Waals surface area contributed by atoms with Gasteiger partial charge in [-0.3, -0.25) is 0 Å². The molecule has 3 heteroatoms. The first kappa shape index (κ1) is 19.7. The maximum Gasteiger partial charge on any atom is 0.169 e. The maximum absolute atomic E-state index is 5.73. The molecule has 0 unspecified atom stereocenters. The number of hydrogen-bond donors (Lipinski definition) is 1. The summed E-state index contributed by atoms with van der Waals surface area (Å²) < 4.78 is 0. The maximum atomic E-state index is 5.73. The van der Waals surface area contributed by atoms with E-state index in [2.05, 4.69) is 24.1 Å². The van der Waals surface area contributed by atoms with Crippen LogP contribution in [0.4, 0.5) is 0 Å². The Hall–Kier alpha value is -0.310. The number of rotatable bonds is 11. The SMILES string of the molecule is CCCCCCN(CCCCCC)C(=S)NC1CCCCC1. The lowest BCUT2D eigenvalue weighted by molar-refractivity contribution is 0.356. The van der Waals surface area contributed by atoms with E-state index in [4.69, 9.17) is 12.2 Å². The molecule has 1 aliphatic rings. The first-order chi connectivity index (χ1) is 10.8. The minimum atomic E-state index is 0.634. The molecule has 0 bridgehead atoms. The van der Waals surface area contributed by atoms with Gasteiger partial charge in [0.2, 0.25) is 0 Å². The molecule has 0 aromatic carbocycles. The Balaban J connectivity index is 2.33. The number of hydrogen-bond acceptors (Lipinski definition) is 1. The van der Waals surface area contributed by atoms with E-state index in [0.29, 0.717) is 6.04 Å². The molecule has 0 spiro atoms. The summed E-state index contributed by atoms with van der Waals surface area (Å²) in [5.74, 6) is 0. The quantitative estimate of drug-likeness (QED) is 0.390. The molecule has 0 amide bonds. The molecule has 0 aromatic heterocycles. The summed E-state index contributed by atoms with van der Waals surface area (Å²) >= 11 is 5.73. The van der Waals surface area contributed by atoms with Crippen molar-refractivity contribution in [2.24, 2.45) is 0 Å². The summed E-state index contributed by atoms with van der Waals surface area (Å²) in [5, 5.41) is 4.69. The van der Waals surface area contributed by atoms with Crippen LogP contribution in [0.25, 0.3) is 0 Å². The van der Waals surface area contributed by atoms with Gasteiger partial charge in [0, 0.05) is 19.1 Å². The third kappa shape index (κ3) is 8.97. The molecule has 130 valence electrons. The van der Waals surface area contributed by atoms with Gasteiger partial charge in [0.25, 0.3) is 0 Å². The van der Waals surface area contributed by atoms with Gasteiger partial charge >= 0.3 is 0 Å². The van der Waals surface area contributed by atoms with Gasteiger partial charge < -0.3 is 10.2 Å². The number of unbranched alkanes of at least 4 members (excludes halogenated alkanes) is 6. The predicted octanol–water partition coefficient (Wildman–Crippen LogP) is 5.66. The van der Waals surface area contributed by atoms with Crippen molar-refractivity contribution in [3.8, 4) is 0 Å². The van der Waals surface area contributed by atoms with Gasteiger partial charge in [-0.15, -0.1) is 0 Å². The van der Waals surface area contributed by atoms with Crippen LogP contribution in [0.5, 0.6) is 0 Å². The first-order valence-electron chi connectivity index (χ1n) is 9.83. The third-order valence-electron chi connectivity index (χ3n) is 4.78. The molecule has 0 aromatic rings. The number of thiocarbonyl (C=S) groups is 1. The normalized spacial score (nSPS) is 15.7. The molecule has 0 aliphatic heterocycles. The second-order valence-electron chi connectivity index (χ2n) is 6.89. The molecule has 1 fully saturated rings. The van der Waals surface area contributed by atoms with Crippen LogP contribution >= 0.6 is 12.2 Å². The van der Waals surface area contributed by atoms with Crippen molar-refractivity contribution in [1.82, 2.24) is 10.2 Å². The van der Waals surface area contributed by atoms with Crippen molar-refractivity contribution < 1.29 is 0 Å². The topological polar surface area (TPSA) is 15.3 Å². The Kier molecular flexibility index (Phi) is 11.8. The molecular weight excluding hydrogens is 288 g/mol. The lowest BCUT2D eigenvalue weighted by atomic mass is 9.96. The Morgan fingerprint density at radius 2 is 1.41 bits per heavy atom. The van der Waals surface area contributed by atoms with Gasteiger partial charge in [-0.1, -0.05) is 71.6 Å². The van der Waals surface area contributed by atoms with Crippen LogP contribution in [0.1, 0.15) is 97.3 Å². The Morgan fingerprint density at radius 1 is 0.864 bits per heavy atom. The first-order valence-corrected chi connectivity index (χ1v) is 10.2. The largest absolute Gasteiger partial charge is 0.360 e. The van der Waals surface area contributed by atoms with E-state index in [1.807, 2.05) is 0 Å². The Labute approximate surface area is 144 Å². The number of nitrogens with one attached hydrogen (secondary N) is 1. The van der Waals surface area contributed by atoms with Crippen LogP contribution in [0.15, 0.2) is 0 Å². The summed E-state index contributed by atoms with van der Waals surface area (Å²) in [5.41, 5.74) is 0. The molecule has 0 heterocycles. The van der Waals surface area contributed by atoms with Crippen LogP contribution in [0, 0.1) is 0 Å². The van der Waals surface area contributed by atoms with Crippen LogP contribution in [-0.2, 0) is 0 Å². The molecule has 2 nitrogen and oxygen atoms in total. The van der Waals surface area contributed by atoms with Crippen LogP contribution in [-0.4, -0.2) is 29.1 Å². The Bertz CT molecular complexity index is 263. The fraction of sp³-hybridized carbons (Fsp3) is 0.947. The van der Waals surface area contributed by atoms with E-state index in [0.717, 1.165) is 18.2 Å². The van der Waals surface area contributed by atoms with E-state index < -0.39 is 0 Å². The van der Waals surface area contributed by atoms with Gasteiger partial charge in [0.15, 0.2) is 5.11 Å². The van der Waals surface area contributed by atoms with Crippen molar-refractivity contribution in [1.29, 1.82) is 0 Å². The molecule has 0 radical (unpaired) electrons. The molecule has 22 heavy (non-hydrogen) atoms. The smallest absolute Gasteiger partial charge is 0.169 e. The van der Waals surface area contributed by atoms with Crippen LogP contribution in [0.3, 0.4) is 0 Å². The average molecular weight is 327 g/mol. The summed E-state index contributed by atoms with van der Waals surface area (Å²) in [7, 11) is 0. The highest BCUT2D eigenvalue weighted by atomic mass is 32.1. The van der Waals surface area contributed by atoms with Crippen LogP contribution < -0.4 is 5.32 Å². The zero-order chi connectivity index (χ0) is 16.0. The van der Waals surface area contributed by atoms with E-state index in [1.165, 1.54) is 83.5 Å². The van der Waals surface area contributed by atoms with E-state index in [-0.39, 0.29) is 0 Å². The molecule has 0 atom stereocenters. The van der Waals surface area contributed by atoms with Crippen molar-refractivity contribution in [2.45, 2.75) is 103 Å². The van der Waals surface area contributed by atoms with Crippen LogP contribution in [0.2, 0.25) is 0 Å². The van der Waals surface area contributed by atoms with Crippen molar-refractivity contribution in [3.63, 3.8) is 0 Å². The summed E-state index contributed by atoms with van der Waals surface area (Å²) in [6, 6.07) is 0.634. The van der Waals surface area contributed by atoms with Gasteiger partial charge in [-0.2, -0.15) is 0 Å². The monoisotopic (exact) mass is 326 g/mol. The summed E-state index contributed by atoms with van der Waals surface area (Å²) in [4.78, 5) is 2.45. The van der Waals surface area contributed by atoms with Gasteiger partial charge in [-0.05, 0) is 37.9 Å². The number of nitrogens with zero attached hydrogens (tertiary/aromatic N) is 1. The van der Waals surface area contributed by atoms with Crippen molar-refractivity contribution in [2.75, 3.05) is 13.1 Å². The fourth-order valence-corrected chi connectivity index (χ4v) is 3.64. The highest BCUT2D eigenvalue weighted by molar-refractivity contribution is 7.80. The summed E-state index contributed by atoms with van der Waals surface area (Å²) in [6.07, 6.45) is 17.3. The van der Waals surface area contributed by atoms with E-state index in [9.17, 15) is 0 Å². The average Bonchev–Trinajstić information content (AvgIpc) is 2.54. The summed E-state index contributed by atoms with van der Waals surface area (Å²) in [6.45, 7) is 6.84. The van der Waals surface area contributed by atoms with E-state index >= 15 is 0 Å². The second kappa shape index (κ2) is 13.2. The van der Waals surface area contributed by atoms with Gasteiger partial charge in [0.05, 0.1) is 0 Å². The highest BCUT2D eigenvalue weighted by Gasteiger charge is 2.17. The van der Waals surface area contributed by atoms with Gasteiger partial charge in [0.1, 0.15) is 0 Å². The lowest BCUT2D eigenvalue weighted by Crippen LogP contribution is -2.46. The molecule has 1 aliphatic carbocycles. The minimum absolute atomic E-state index is 0.634. The zero-order valence-electron chi connectivity index (χ0n) is 15.0. The predicted molar refractivity (Wildman–Crippen MR) is 102 cm³/mol. The molecular formula is C19H38N2S. The molecule has 0 saturated heterocycles. The van der Waals surface area contributed by atoms with Gasteiger partial charge in [-0.25, -0.2) is 0 Å². The fourth-order valence-electron chi connectivity index (χ4n) is 3.29. The second-order valence-corrected chi connectivity index (χ2v) is 7.28.